The molecule has 0 amide bonds. The Bertz CT molecular complexity index is 426. The minimum atomic E-state index is 0.595. The Kier molecular flexibility index (Phi) is 5.00. The normalized spacial score (nSPS) is 23.0. The van der Waals surface area contributed by atoms with Gasteiger partial charge in [-0.15, -0.1) is 0 Å². The first-order chi connectivity index (χ1) is 10.3. The summed E-state index contributed by atoms with van der Waals surface area (Å²) in [5, 5.41) is 4.07. The van der Waals surface area contributed by atoms with E-state index >= 15 is 0 Å². The number of aryl methyl sites for hydroxylation is 1. The maximum Gasteiger partial charge on any atom is 0.0351 e. The molecule has 1 nitrogen and oxygen atoms in total. The standard InChI is InChI=1S/C20H31N/c1-3-19(16-7-5-4-6-8-16)21-20(18-13-14-18)17-11-9-15(2)10-12-17/h9-12,16,18-21H,3-8,13-14H2,1-2H3. The maximum atomic E-state index is 4.07. The summed E-state index contributed by atoms with van der Waals surface area (Å²) in [6.45, 7) is 4.55. The van der Waals surface area contributed by atoms with Crippen molar-refractivity contribution in [2.75, 3.05) is 0 Å². The van der Waals surface area contributed by atoms with Gasteiger partial charge in [-0.3, -0.25) is 0 Å². The molecule has 21 heavy (non-hydrogen) atoms. The molecule has 2 fully saturated rings. The highest BCUT2D eigenvalue weighted by atomic mass is 15.0. The predicted octanol–water partition coefficient (Wildman–Crippen LogP) is 5.39. The zero-order valence-electron chi connectivity index (χ0n) is 13.8. The molecule has 0 aliphatic heterocycles. The summed E-state index contributed by atoms with van der Waals surface area (Å²) in [5.41, 5.74) is 2.88. The van der Waals surface area contributed by atoms with E-state index in [2.05, 4.69) is 43.4 Å². The molecular weight excluding hydrogens is 254 g/mol. The van der Waals surface area contributed by atoms with Gasteiger partial charge < -0.3 is 5.32 Å². The lowest BCUT2D eigenvalue weighted by molar-refractivity contribution is 0.238. The van der Waals surface area contributed by atoms with Gasteiger partial charge in [0.25, 0.3) is 0 Å². The van der Waals surface area contributed by atoms with Crippen LogP contribution in [0.3, 0.4) is 0 Å². The predicted molar refractivity (Wildman–Crippen MR) is 90.4 cm³/mol. The third kappa shape index (κ3) is 3.88. The van der Waals surface area contributed by atoms with Crippen LogP contribution in [0.4, 0.5) is 0 Å². The van der Waals surface area contributed by atoms with Crippen molar-refractivity contribution in [3.05, 3.63) is 35.4 Å². The van der Waals surface area contributed by atoms with Crippen molar-refractivity contribution in [3.8, 4) is 0 Å². The van der Waals surface area contributed by atoms with E-state index in [4.69, 9.17) is 0 Å². The molecule has 2 aliphatic carbocycles. The van der Waals surface area contributed by atoms with Gasteiger partial charge >= 0.3 is 0 Å². The summed E-state index contributed by atoms with van der Waals surface area (Å²) in [7, 11) is 0. The maximum absolute atomic E-state index is 4.07. The fourth-order valence-corrected chi connectivity index (χ4v) is 4.06. The minimum Gasteiger partial charge on any atom is -0.307 e. The summed E-state index contributed by atoms with van der Waals surface area (Å²) in [6, 6.07) is 10.6. The number of hydrogen-bond acceptors (Lipinski definition) is 1. The summed E-state index contributed by atoms with van der Waals surface area (Å²) in [5.74, 6) is 1.79. The van der Waals surface area contributed by atoms with E-state index < -0.39 is 0 Å². The summed E-state index contributed by atoms with van der Waals surface area (Å²) in [6.07, 6.45) is 11.3. The van der Waals surface area contributed by atoms with Gasteiger partial charge in [0.15, 0.2) is 0 Å². The third-order valence-electron chi connectivity index (χ3n) is 5.58. The van der Waals surface area contributed by atoms with Crippen molar-refractivity contribution < 1.29 is 0 Å². The first kappa shape index (κ1) is 15.1. The van der Waals surface area contributed by atoms with E-state index in [1.165, 1.54) is 62.5 Å². The Balaban J connectivity index is 1.69. The van der Waals surface area contributed by atoms with Crippen molar-refractivity contribution in [1.82, 2.24) is 5.32 Å². The molecule has 0 saturated heterocycles. The molecule has 1 heteroatoms. The van der Waals surface area contributed by atoms with E-state index in [9.17, 15) is 0 Å². The lowest BCUT2D eigenvalue weighted by Gasteiger charge is -2.34. The largest absolute Gasteiger partial charge is 0.307 e. The molecule has 1 aromatic carbocycles. The molecule has 3 rings (SSSR count). The topological polar surface area (TPSA) is 12.0 Å². The quantitative estimate of drug-likeness (QED) is 0.738. The van der Waals surface area contributed by atoms with Crippen LogP contribution < -0.4 is 5.32 Å². The van der Waals surface area contributed by atoms with Gasteiger partial charge in [-0.1, -0.05) is 56.0 Å². The van der Waals surface area contributed by atoms with Crippen molar-refractivity contribution >= 4 is 0 Å². The van der Waals surface area contributed by atoms with Crippen LogP contribution >= 0.6 is 0 Å². The molecular formula is C20H31N. The molecule has 2 saturated carbocycles. The molecule has 116 valence electrons. The minimum absolute atomic E-state index is 0.595. The van der Waals surface area contributed by atoms with Gasteiger partial charge in [0.05, 0.1) is 0 Å². The molecule has 0 spiro atoms. The Hall–Kier alpha value is -0.820. The Morgan fingerprint density at radius 2 is 1.62 bits per heavy atom. The average Bonchev–Trinajstić information content (AvgIpc) is 3.35. The van der Waals surface area contributed by atoms with Crippen molar-refractivity contribution in [2.45, 2.75) is 77.3 Å². The fraction of sp³-hybridized carbons (Fsp3) is 0.700. The third-order valence-corrected chi connectivity index (χ3v) is 5.58. The molecule has 2 unspecified atom stereocenters. The van der Waals surface area contributed by atoms with Crippen LogP contribution in [0, 0.1) is 18.8 Å². The van der Waals surface area contributed by atoms with Crippen LogP contribution in [-0.2, 0) is 0 Å². The Morgan fingerprint density at radius 1 is 0.952 bits per heavy atom. The van der Waals surface area contributed by atoms with Gasteiger partial charge in [0, 0.05) is 12.1 Å². The molecule has 0 bridgehead atoms. The van der Waals surface area contributed by atoms with Gasteiger partial charge in [-0.05, 0) is 56.4 Å². The molecule has 1 N–H and O–H groups in total. The molecule has 1 aromatic rings. The van der Waals surface area contributed by atoms with Crippen LogP contribution in [0.2, 0.25) is 0 Å². The first-order valence-electron chi connectivity index (χ1n) is 9.10. The van der Waals surface area contributed by atoms with Gasteiger partial charge in [0.2, 0.25) is 0 Å². The number of nitrogens with one attached hydrogen (secondary N) is 1. The molecule has 0 heterocycles. The lowest BCUT2D eigenvalue weighted by Crippen LogP contribution is -2.40. The van der Waals surface area contributed by atoms with Crippen LogP contribution in [0.15, 0.2) is 24.3 Å². The monoisotopic (exact) mass is 285 g/mol. The summed E-state index contributed by atoms with van der Waals surface area (Å²) in [4.78, 5) is 0. The second kappa shape index (κ2) is 6.96. The fourth-order valence-electron chi connectivity index (χ4n) is 4.06. The zero-order valence-corrected chi connectivity index (χ0v) is 13.8. The van der Waals surface area contributed by atoms with Crippen molar-refractivity contribution in [3.63, 3.8) is 0 Å². The smallest absolute Gasteiger partial charge is 0.0351 e. The second-order valence-corrected chi connectivity index (χ2v) is 7.31. The molecule has 0 radical (unpaired) electrons. The first-order valence-corrected chi connectivity index (χ1v) is 9.10. The van der Waals surface area contributed by atoms with Gasteiger partial charge in [0.1, 0.15) is 0 Å². The van der Waals surface area contributed by atoms with Crippen molar-refractivity contribution in [1.29, 1.82) is 0 Å². The van der Waals surface area contributed by atoms with E-state index in [0.717, 1.165) is 17.9 Å². The zero-order chi connectivity index (χ0) is 14.7. The Labute approximate surface area is 130 Å². The van der Waals surface area contributed by atoms with E-state index in [-0.39, 0.29) is 0 Å². The number of hydrogen-bond donors (Lipinski definition) is 1. The molecule has 2 atom stereocenters. The van der Waals surface area contributed by atoms with Crippen LogP contribution in [0.25, 0.3) is 0 Å². The van der Waals surface area contributed by atoms with Crippen LogP contribution in [0.5, 0.6) is 0 Å². The average molecular weight is 285 g/mol. The Morgan fingerprint density at radius 3 is 2.19 bits per heavy atom. The highest BCUT2D eigenvalue weighted by molar-refractivity contribution is 5.25. The van der Waals surface area contributed by atoms with Gasteiger partial charge in [-0.2, -0.15) is 0 Å². The van der Waals surface area contributed by atoms with Gasteiger partial charge in [-0.25, -0.2) is 0 Å². The van der Waals surface area contributed by atoms with E-state index in [0.29, 0.717) is 6.04 Å². The number of benzene rings is 1. The highest BCUT2D eigenvalue weighted by Gasteiger charge is 2.34. The number of rotatable bonds is 6. The highest BCUT2D eigenvalue weighted by Crippen LogP contribution is 2.42. The molecule has 0 aromatic heterocycles. The van der Waals surface area contributed by atoms with E-state index in [1.807, 2.05) is 0 Å². The molecule has 2 aliphatic rings. The summed E-state index contributed by atoms with van der Waals surface area (Å²) >= 11 is 0. The van der Waals surface area contributed by atoms with Crippen molar-refractivity contribution in [2.24, 2.45) is 11.8 Å². The lowest BCUT2D eigenvalue weighted by atomic mass is 9.82. The van der Waals surface area contributed by atoms with Crippen LogP contribution in [-0.4, -0.2) is 6.04 Å². The van der Waals surface area contributed by atoms with E-state index in [1.54, 1.807) is 0 Å². The summed E-state index contributed by atoms with van der Waals surface area (Å²) < 4.78 is 0. The second-order valence-electron chi connectivity index (χ2n) is 7.31. The SMILES string of the molecule is CCC(NC(c1ccc(C)cc1)C1CC1)C1CCCCC1. The van der Waals surface area contributed by atoms with Crippen LogP contribution in [0.1, 0.15) is 75.5 Å².